The van der Waals surface area contributed by atoms with Crippen molar-refractivity contribution >= 4 is 40.9 Å². The number of benzene rings is 1. The van der Waals surface area contributed by atoms with Crippen LogP contribution in [-0.4, -0.2) is 47.6 Å². The van der Waals surface area contributed by atoms with Gasteiger partial charge in [-0.2, -0.15) is 0 Å². The number of hydrogen-bond acceptors (Lipinski definition) is 4. The minimum absolute atomic E-state index is 0.0463. The Bertz CT molecular complexity index is 632. The van der Waals surface area contributed by atoms with Crippen LogP contribution in [0, 0.1) is 0 Å². The van der Waals surface area contributed by atoms with Crippen LogP contribution >= 0.6 is 23.4 Å². The van der Waals surface area contributed by atoms with Crippen LogP contribution in [-0.2, 0) is 9.59 Å². The lowest BCUT2D eigenvalue weighted by Crippen LogP contribution is -2.45. The van der Waals surface area contributed by atoms with E-state index in [1.54, 1.807) is 12.1 Å². The highest BCUT2D eigenvalue weighted by Gasteiger charge is 2.30. The molecule has 0 radical (unpaired) electrons. The van der Waals surface area contributed by atoms with E-state index < -0.39 is 5.25 Å². The summed E-state index contributed by atoms with van der Waals surface area (Å²) in [5.41, 5.74) is 0.723. The van der Waals surface area contributed by atoms with Gasteiger partial charge in [0.2, 0.25) is 11.8 Å². The van der Waals surface area contributed by atoms with Gasteiger partial charge in [0.1, 0.15) is 0 Å². The van der Waals surface area contributed by atoms with Crippen LogP contribution in [0.4, 0.5) is 5.69 Å². The first-order valence-electron chi connectivity index (χ1n) is 8.34. The van der Waals surface area contributed by atoms with Gasteiger partial charge in [0.25, 0.3) is 0 Å². The molecule has 2 amide bonds. The van der Waals surface area contributed by atoms with Crippen molar-refractivity contribution in [3.63, 3.8) is 0 Å². The van der Waals surface area contributed by atoms with Gasteiger partial charge in [-0.3, -0.25) is 9.59 Å². The van der Waals surface area contributed by atoms with Crippen LogP contribution in [0.25, 0.3) is 0 Å². The second-order valence-corrected chi connectivity index (χ2v) is 7.90. The number of hydrogen-bond donors (Lipinski definition) is 2. The fourth-order valence-electron chi connectivity index (χ4n) is 3.11. The van der Waals surface area contributed by atoms with Crippen LogP contribution in [0.1, 0.15) is 26.2 Å². The number of rotatable bonds is 4. The van der Waals surface area contributed by atoms with E-state index in [2.05, 4.69) is 22.5 Å². The summed E-state index contributed by atoms with van der Waals surface area (Å²) >= 11 is 7.37. The molecule has 0 aromatic heterocycles. The Balaban J connectivity index is 1.53. The second kappa shape index (κ2) is 7.76. The number of thioether (sulfide) groups is 1. The molecule has 3 rings (SSSR count). The summed E-state index contributed by atoms with van der Waals surface area (Å²) in [6.07, 6.45) is 2.16. The summed E-state index contributed by atoms with van der Waals surface area (Å²) in [5, 5.41) is 6.12. The number of carbonyl (C=O) groups excluding carboxylic acids is 2. The molecular formula is C17H22ClN3O2S. The third kappa shape index (κ3) is 4.23. The highest BCUT2D eigenvalue weighted by atomic mass is 35.5. The number of anilines is 1. The summed E-state index contributed by atoms with van der Waals surface area (Å²) in [6, 6.07) is 5.64. The largest absolute Gasteiger partial charge is 0.353 e. The molecule has 7 heteroatoms. The Hall–Kier alpha value is -1.24. The van der Waals surface area contributed by atoms with E-state index in [0.717, 1.165) is 43.1 Å². The lowest BCUT2D eigenvalue weighted by atomic mass is 10.0. The van der Waals surface area contributed by atoms with Crippen LogP contribution in [0.2, 0.25) is 5.02 Å². The number of piperidine rings is 1. The molecule has 1 fully saturated rings. The molecular weight excluding hydrogens is 346 g/mol. The van der Waals surface area contributed by atoms with Crippen LogP contribution in [0.5, 0.6) is 0 Å². The summed E-state index contributed by atoms with van der Waals surface area (Å²) in [5.74, 6) is -0.180. The van der Waals surface area contributed by atoms with Gasteiger partial charge in [0.15, 0.2) is 0 Å². The first-order chi connectivity index (χ1) is 11.5. The Morgan fingerprint density at radius 1 is 1.42 bits per heavy atom. The Morgan fingerprint density at radius 3 is 2.88 bits per heavy atom. The van der Waals surface area contributed by atoms with E-state index in [1.807, 2.05) is 6.07 Å². The summed E-state index contributed by atoms with van der Waals surface area (Å²) in [6.45, 7) is 5.26. The smallest absolute Gasteiger partial charge is 0.238 e. The number of carbonyl (C=O) groups is 2. The lowest BCUT2D eigenvalue weighted by molar-refractivity contribution is -0.124. The monoisotopic (exact) mass is 367 g/mol. The summed E-state index contributed by atoms with van der Waals surface area (Å²) < 4.78 is 0. The number of likely N-dealkylation sites (tertiary alicyclic amines) is 1. The van der Waals surface area contributed by atoms with Crippen molar-refractivity contribution in [2.24, 2.45) is 0 Å². The molecule has 0 spiro atoms. The first-order valence-corrected chi connectivity index (χ1v) is 9.59. The maximum absolute atomic E-state index is 12.3. The topological polar surface area (TPSA) is 61.4 Å². The molecule has 2 aliphatic heterocycles. The maximum Gasteiger partial charge on any atom is 0.238 e. The van der Waals surface area contributed by atoms with Gasteiger partial charge in [-0.15, -0.1) is 11.8 Å². The summed E-state index contributed by atoms with van der Waals surface area (Å²) in [7, 11) is 0. The number of halogens is 1. The van der Waals surface area contributed by atoms with Crippen LogP contribution < -0.4 is 10.6 Å². The summed E-state index contributed by atoms with van der Waals surface area (Å²) in [4.78, 5) is 27.9. The van der Waals surface area contributed by atoms with Crippen molar-refractivity contribution in [2.45, 2.75) is 42.4 Å². The van der Waals surface area contributed by atoms with Crippen molar-refractivity contribution < 1.29 is 9.59 Å². The predicted octanol–water partition coefficient (Wildman–Crippen LogP) is 2.74. The minimum Gasteiger partial charge on any atom is -0.353 e. The molecule has 2 aliphatic rings. The Kier molecular flexibility index (Phi) is 5.69. The third-order valence-corrected chi connectivity index (χ3v) is 6.04. The molecule has 1 aromatic rings. The fraction of sp³-hybridized carbons (Fsp3) is 0.529. The van der Waals surface area contributed by atoms with Crippen LogP contribution in [0.15, 0.2) is 23.1 Å². The highest BCUT2D eigenvalue weighted by Crippen LogP contribution is 2.38. The van der Waals surface area contributed by atoms with Crippen molar-refractivity contribution in [2.75, 3.05) is 25.0 Å². The van der Waals surface area contributed by atoms with E-state index in [1.165, 1.54) is 11.8 Å². The van der Waals surface area contributed by atoms with Gasteiger partial charge in [0, 0.05) is 35.5 Å². The van der Waals surface area contributed by atoms with E-state index in [9.17, 15) is 9.59 Å². The maximum atomic E-state index is 12.3. The number of nitrogens with zero attached hydrogens (tertiary/aromatic N) is 1. The van der Waals surface area contributed by atoms with E-state index >= 15 is 0 Å². The number of fused-ring (bicyclic) bond motifs is 1. The predicted molar refractivity (Wildman–Crippen MR) is 97.6 cm³/mol. The molecule has 0 aliphatic carbocycles. The average molecular weight is 368 g/mol. The fourth-order valence-corrected chi connectivity index (χ4v) is 4.37. The van der Waals surface area contributed by atoms with Crippen molar-refractivity contribution in [3.05, 3.63) is 23.2 Å². The number of amides is 2. The molecule has 1 aromatic carbocycles. The van der Waals surface area contributed by atoms with Gasteiger partial charge in [-0.1, -0.05) is 18.5 Å². The van der Waals surface area contributed by atoms with Gasteiger partial charge in [-0.05, 0) is 37.6 Å². The zero-order chi connectivity index (χ0) is 17.1. The molecule has 0 saturated carbocycles. The van der Waals surface area contributed by atoms with E-state index in [0.29, 0.717) is 5.02 Å². The standard InChI is InChI=1S/C17H22ClN3O2S/c1-2-21-7-5-12(6-8-21)19-16(22)10-15-17(23)20-13-9-11(18)3-4-14(13)24-15/h3-4,9,12,15H,2,5-8,10H2,1H3,(H,19,22)(H,20,23)/t15-/m1/s1. The molecule has 2 N–H and O–H groups in total. The zero-order valence-corrected chi connectivity index (χ0v) is 15.3. The minimum atomic E-state index is -0.394. The quantitative estimate of drug-likeness (QED) is 0.859. The number of nitrogens with one attached hydrogen (secondary N) is 2. The zero-order valence-electron chi connectivity index (χ0n) is 13.7. The van der Waals surface area contributed by atoms with E-state index in [4.69, 9.17) is 11.6 Å². The molecule has 0 unspecified atom stereocenters. The third-order valence-electron chi connectivity index (χ3n) is 4.53. The van der Waals surface area contributed by atoms with Crippen molar-refractivity contribution in [3.8, 4) is 0 Å². The van der Waals surface area contributed by atoms with Gasteiger partial charge in [0.05, 0.1) is 10.9 Å². The average Bonchev–Trinajstić information content (AvgIpc) is 2.56. The van der Waals surface area contributed by atoms with Gasteiger partial charge < -0.3 is 15.5 Å². The van der Waals surface area contributed by atoms with Crippen molar-refractivity contribution in [1.82, 2.24) is 10.2 Å². The van der Waals surface area contributed by atoms with Gasteiger partial charge in [-0.25, -0.2) is 0 Å². The molecule has 0 bridgehead atoms. The van der Waals surface area contributed by atoms with Crippen LogP contribution in [0.3, 0.4) is 0 Å². The molecule has 1 saturated heterocycles. The van der Waals surface area contributed by atoms with Crippen molar-refractivity contribution in [1.29, 1.82) is 0 Å². The SMILES string of the molecule is CCN1CCC(NC(=O)C[C@H]2Sc3ccc(Cl)cc3NC2=O)CC1. The van der Waals surface area contributed by atoms with E-state index in [-0.39, 0.29) is 24.3 Å². The molecule has 5 nitrogen and oxygen atoms in total. The normalized spacial score (nSPS) is 21.9. The highest BCUT2D eigenvalue weighted by molar-refractivity contribution is 8.01. The second-order valence-electron chi connectivity index (χ2n) is 6.22. The molecule has 130 valence electrons. The molecule has 2 heterocycles. The first kappa shape index (κ1) is 17.6. The van der Waals surface area contributed by atoms with Gasteiger partial charge >= 0.3 is 0 Å². The lowest BCUT2D eigenvalue weighted by Gasteiger charge is -2.32. The Labute approximate surface area is 151 Å². The molecule has 24 heavy (non-hydrogen) atoms. The molecule has 1 atom stereocenters. The Morgan fingerprint density at radius 2 is 2.17 bits per heavy atom.